The van der Waals surface area contributed by atoms with E-state index in [4.69, 9.17) is 21.1 Å². The van der Waals surface area contributed by atoms with Crippen molar-refractivity contribution in [2.75, 3.05) is 13.2 Å². The summed E-state index contributed by atoms with van der Waals surface area (Å²) in [5.74, 6) is 0.228. The van der Waals surface area contributed by atoms with Crippen LogP contribution in [0.4, 0.5) is 0 Å². The number of hydrogen-bond donors (Lipinski definition) is 0. The van der Waals surface area contributed by atoms with Gasteiger partial charge in [0, 0.05) is 11.4 Å². The summed E-state index contributed by atoms with van der Waals surface area (Å²) >= 11 is 5.76. The van der Waals surface area contributed by atoms with Crippen molar-refractivity contribution in [3.8, 4) is 5.75 Å². The van der Waals surface area contributed by atoms with Gasteiger partial charge in [-0.2, -0.15) is 0 Å². The topological polar surface area (TPSA) is 52.6 Å². The van der Waals surface area contributed by atoms with Crippen molar-refractivity contribution in [2.24, 2.45) is 0 Å². The highest BCUT2D eigenvalue weighted by Crippen LogP contribution is 2.21. The maximum Gasteiger partial charge on any atom is 0.305 e. The summed E-state index contributed by atoms with van der Waals surface area (Å²) in [6, 6.07) is 4.82. The first-order chi connectivity index (χ1) is 8.67. The first-order valence-corrected chi connectivity index (χ1v) is 6.08. The van der Waals surface area contributed by atoms with Crippen LogP contribution in [0.2, 0.25) is 5.02 Å². The minimum atomic E-state index is -0.243. The molecule has 0 unspecified atom stereocenters. The van der Waals surface area contributed by atoms with Gasteiger partial charge < -0.3 is 9.47 Å². The van der Waals surface area contributed by atoms with E-state index in [0.29, 0.717) is 48.7 Å². The Labute approximate surface area is 111 Å². The molecule has 1 aromatic rings. The Kier molecular flexibility index (Phi) is 6.22. The Bertz CT molecular complexity index is 417. The molecule has 0 aliphatic heterocycles. The maximum atomic E-state index is 11.1. The first kappa shape index (κ1) is 14.5. The molecule has 0 spiro atoms. The van der Waals surface area contributed by atoms with Crippen LogP contribution in [0.25, 0.3) is 0 Å². The minimum absolute atomic E-state index is 0.243. The van der Waals surface area contributed by atoms with Crippen LogP contribution in [0, 0.1) is 0 Å². The molecular formula is C13H15ClO4. The summed E-state index contributed by atoms with van der Waals surface area (Å²) in [6.45, 7) is 2.49. The Morgan fingerprint density at radius 3 is 2.89 bits per heavy atom. The predicted molar refractivity (Wildman–Crippen MR) is 68.2 cm³/mol. The van der Waals surface area contributed by atoms with Crippen LogP contribution in [0.5, 0.6) is 5.75 Å². The highest BCUT2D eigenvalue weighted by molar-refractivity contribution is 6.30. The Hall–Kier alpha value is -1.55. The van der Waals surface area contributed by atoms with Crippen LogP contribution in [0.1, 0.15) is 30.1 Å². The number of esters is 1. The van der Waals surface area contributed by atoms with E-state index >= 15 is 0 Å². The number of benzene rings is 1. The van der Waals surface area contributed by atoms with Gasteiger partial charge in [0.1, 0.15) is 5.75 Å². The number of aldehydes is 1. The molecule has 0 aliphatic rings. The minimum Gasteiger partial charge on any atom is -0.493 e. The van der Waals surface area contributed by atoms with Gasteiger partial charge in [0.25, 0.3) is 0 Å². The molecular weight excluding hydrogens is 256 g/mol. The van der Waals surface area contributed by atoms with Gasteiger partial charge in [0.05, 0.1) is 18.8 Å². The van der Waals surface area contributed by atoms with E-state index in [-0.39, 0.29) is 5.97 Å². The van der Waals surface area contributed by atoms with Gasteiger partial charge in [0.2, 0.25) is 0 Å². The van der Waals surface area contributed by atoms with Crippen LogP contribution < -0.4 is 4.74 Å². The lowest BCUT2D eigenvalue weighted by molar-refractivity contribution is -0.143. The fourth-order valence-electron chi connectivity index (χ4n) is 1.37. The highest BCUT2D eigenvalue weighted by Gasteiger charge is 2.05. The fourth-order valence-corrected chi connectivity index (χ4v) is 1.56. The number of carbonyl (C=O) groups is 2. The number of carbonyl (C=O) groups excluding carboxylic acids is 2. The zero-order chi connectivity index (χ0) is 13.4. The number of ether oxygens (including phenoxy) is 2. The average Bonchev–Trinajstić information content (AvgIpc) is 2.36. The van der Waals surface area contributed by atoms with Gasteiger partial charge in [-0.1, -0.05) is 11.6 Å². The third kappa shape index (κ3) is 4.75. The van der Waals surface area contributed by atoms with Crippen molar-refractivity contribution in [3.05, 3.63) is 28.8 Å². The van der Waals surface area contributed by atoms with E-state index in [1.54, 1.807) is 19.1 Å². The molecule has 0 bridgehead atoms. The van der Waals surface area contributed by atoms with E-state index in [1.165, 1.54) is 6.07 Å². The van der Waals surface area contributed by atoms with E-state index < -0.39 is 0 Å². The predicted octanol–water partition coefficient (Wildman–Crippen LogP) is 2.87. The SMILES string of the molecule is CCOC(=O)CCCOc1ccc(Cl)cc1C=O. The third-order valence-electron chi connectivity index (χ3n) is 2.19. The normalized spacial score (nSPS) is 9.89. The molecule has 0 aliphatic carbocycles. The third-order valence-corrected chi connectivity index (χ3v) is 2.42. The van der Waals surface area contributed by atoms with Gasteiger partial charge in [-0.05, 0) is 31.5 Å². The highest BCUT2D eigenvalue weighted by atomic mass is 35.5. The molecule has 18 heavy (non-hydrogen) atoms. The summed E-state index contributed by atoms with van der Waals surface area (Å²) in [5, 5.41) is 0.482. The molecule has 0 heterocycles. The second-order valence-corrected chi connectivity index (χ2v) is 3.99. The van der Waals surface area contributed by atoms with Crippen molar-refractivity contribution in [3.63, 3.8) is 0 Å². The summed E-state index contributed by atoms with van der Waals surface area (Å²) < 4.78 is 10.2. The van der Waals surface area contributed by atoms with Gasteiger partial charge >= 0.3 is 5.97 Å². The second-order valence-electron chi connectivity index (χ2n) is 3.56. The van der Waals surface area contributed by atoms with Crippen LogP contribution in [-0.4, -0.2) is 25.5 Å². The zero-order valence-electron chi connectivity index (χ0n) is 10.1. The van der Waals surface area contributed by atoms with Gasteiger partial charge in [-0.3, -0.25) is 9.59 Å². The molecule has 0 amide bonds. The molecule has 98 valence electrons. The van der Waals surface area contributed by atoms with Crippen LogP contribution in [0.15, 0.2) is 18.2 Å². The van der Waals surface area contributed by atoms with E-state index in [1.807, 2.05) is 0 Å². The van der Waals surface area contributed by atoms with Crippen molar-refractivity contribution in [2.45, 2.75) is 19.8 Å². The van der Waals surface area contributed by atoms with Crippen molar-refractivity contribution >= 4 is 23.9 Å². The molecule has 0 fully saturated rings. The molecule has 0 N–H and O–H groups in total. The summed E-state index contributed by atoms with van der Waals surface area (Å²) in [4.78, 5) is 21.9. The van der Waals surface area contributed by atoms with Crippen molar-refractivity contribution in [1.82, 2.24) is 0 Å². The van der Waals surface area contributed by atoms with Crippen LogP contribution in [-0.2, 0) is 9.53 Å². The first-order valence-electron chi connectivity index (χ1n) is 5.70. The Morgan fingerprint density at radius 2 is 2.22 bits per heavy atom. The largest absolute Gasteiger partial charge is 0.493 e. The van der Waals surface area contributed by atoms with Gasteiger partial charge in [-0.25, -0.2) is 0 Å². The lowest BCUT2D eigenvalue weighted by Crippen LogP contribution is -2.07. The second kappa shape index (κ2) is 7.71. The van der Waals surface area contributed by atoms with Gasteiger partial charge in [-0.15, -0.1) is 0 Å². The molecule has 1 aromatic carbocycles. The lowest BCUT2D eigenvalue weighted by atomic mass is 10.2. The summed E-state index contributed by atoms with van der Waals surface area (Å²) in [6.07, 6.45) is 1.53. The van der Waals surface area contributed by atoms with Crippen molar-refractivity contribution in [1.29, 1.82) is 0 Å². The van der Waals surface area contributed by atoms with Gasteiger partial charge in [0.15, 0.2) is 6.29 Å². The molecule has 1 rings (SSSR count). The quantitative estimate of drug-likeness (QED) is 0.434. The van der Waals surface area contributed by atoms with E-state index in [9.17, 15) is 9.59 Å². The summed E-state index contributed by atoms with van der Waals surface area (Å²) in [5.41, 5.74) is 0.402. The fraction of sp³-hybridized carbons (Fsp3) is 0.385. The van der Waals surface area contributed by atoms with E-state index in [2.05, 4.69) is 0 Å². The number of halogens is 1. The monoisotopic (exact) mass is 270 g/mol. The molecule has 0 saturated heterocycles. The Balaban J connectivity index is 2.39. The molecule has 0 radical (unpaired) electrons. The van der Waals surface area contributed by atoms with Crippen molar-refractivity contribution < 1.29 is 19.1 Å². The van der Waals surface area contributed by atoms with Crippen LogP contribution >= 0.6 is 11.6 Å². The maximum absolute atomic E-state index is 11.1. The van der Waals surface area contributed by atoms with Crippen LogP contribution in [0.3, 0.4) is 0 Å². The smallest absolute Gasteiger partial charge is 0.305 e. The molecule has 0 atom stereocenters. The summed E-state index contributed by atoms with van der Waals surface area (Å²) in [7, 11) is 0. The number of hydrogen-bond acceptors (Lipinski definition) is 4. The molecule has 5 heteroatoms. The molecule has 0 saturated carbocycles. The van der Waals surface area contributed by atoms with E-state index in [0.717, 1.165) is 0 Å². The standard InChI is InChI=1S/C13H15ClO4/c1-2-17-13(16)4-3-7-18-12-6-5-11(14)8-10(12)9-15/h5-6,8-9H,2-4,7H2,1H3. The molecule has 0 aromatic heterocycles. The Morgan fingerprint density at radius 1 is 1.44 bits per heavy atom. The molecule has 4 nitrogen and oxygen atoms in total. The number of rotatable bonds is 7. The zero-order valence-corrected chi connectivity index (χ0v) is 10.9. The average molecular weight is 271 g/mol. The lowest BCUT2D eigenvalue weighted by Gasteiger charge is -2.08.